The van der Waals surface area contributed by atoms with Gasteiger partial charge in [-0.25, -0.2) is 0 Å². The van der Waals surface area contributed by atoms with Gasteiger partial charge in [-0.15, -0.1) is 11.6 Å². The van der Waals surface area contributed by atoms with E-state index in [-0.39, 0.29) is 12.5 Å². The average Bonchev–Trinajstić information content (AvgIpc) is 2.36. The summed E-state index contributed by atoms with van der Waals surface area (Å²) in [5, 5.41) is 8.98. The van der Waals surface area contributed by atoms with Crippen molar-refractivity contribution in [2.75, 3.05) is 32.3 Å². The fraction of sp³-hybridized carbons (Fsp3) is 0.818. The first-order chi connectivity index (χ1) is 8.12. The predicted octanol–water partition coefficient (Wildman–Crippen LogP) is 1.59. The highest BCUT2D eigenvalue weighted by Gasteiger charge is 2.42. The van der Waals surface area contributed by atoms with Crippen LogP contribution in [0.25, 0.3) is 0 Å². The zero-order valence-electron chi connectivity index (χ0n) is 10.4. The van der Waals surface area contributed by atoms with Gasteiger partial charge in [-0.2, -0.15) is 0 Å². The Bertz CT molecular complexity index is 242. The Kier molecular flexibility index (Phi) is 6.69. The quantitative estimate of drug-likeness (QED) is 0.593. The molecule has 0 saturated carbocycles. The largest absolute Gasteiger partial charge is 0.529 e. The molecule has 0 aliphatic carbocycles. The van der Waals surface area contributed by atoms with Gasteiger partial charge in [0.1, 0.15) is 0 Å². The first kappa shape index (κ1) is 15.1. The normalized spacial score (nSPS) is 31.9. The highest BCUT2D eigenvalue weighted by atomic mass is 35.5. The van der Waals surface area contributed by atoms with E-state index in [1.807, 2.05) is 12.6 Å². The third-order valence-electron chi connectivity index (χ3n) is 2.43. The van der Waals surface area contributed by atoms with Gasteiger partial charge in [0.15, 0.2) is 0 Å². The molecule has 1 atom stereocenters. The first-order valence-corrected chi connectivity index (χ1v) is 8.22. The molecule has 1 saturated heterocycles. The van der Waals surface area contributed by atoms with Crippen LogP contribution < -0.4 is 0 Å². The number of aliphatic hydroxyl groups is 1. The zero-order chi connectivity index (χ0) is 12.7. The van der Waals surface area contributed by atoms with Gasteiger partial charge in [0.05, 0.1) is 0 Å². The van der Waals surface area contributed by atoms with E-state index in [9.17, 15) is 0 Å². The molecule has 4 nitrogen and oxygen atoms in total. The van der Waals surface area contributed by atoms with Gasteiger partial charge >= 0.3 is 8.80 Å². The number of alkyl halides is 1. The van der Waals surface area contributed by atoms with Crippen LogP contribution in [0.1, 0.15) is 13.8 Å². The molecule has 0 radical (unpaired) electrons. The lowest BCUT2D eigenvalue weighted by atomic mass is 10.2. The molecular formula is C11H21ClO4Si. The number of allylic oxidation sites excluding steroid dienone is 1. The Morgan fingerprint density at radius 2 is 2.18 bits per heavy atom. The minimum absolute atomic E-state index is 0.0790. The van der Waals surface area contributed by atoms with Crippen molar-refractivity contribution in [3.63, 3.8) is 0 Å². The first-order valence-electron chi connectivity index (χ1n) is 5.88. The summed E-state index contributed by atoms with van der Waals surface area (Å²) in [6, 6.07) is 0. The molecule has 1 aliphatic rings. The van der Waals surface area contributed by atoms with Gasteiger partial charge in [0.25, 0.3) is 0 Å². The molecule has 0 amide bonds. The van der Waals surface area contributed by atoms with Crippen LogP contribution in [0.5, 0.6) is 0 Å². The minimum Gasteiger partial charge on any atom is -0.396 e. The lowest BCUT2D eigenvalue weighted by Gasteiger charge is -2.34. The number of hydrogen-bond acceptors (Lipinski definition) is 4. The Labute approximate surface area is 109 Å². The molecule has 1 fully saturated rings. The summed E-state index contributed by atoms with van der Waals surface area (Å²) in [7, 11) is -2.70. The molecule has 0 aromatic heterocycles. The van der Waals surface area contributed by atoms with E-state index in [0.29, 0.717) is 31.6 Å². The van der Waals surface area contributed by atoms with E-state index in [1.165, 1.54) is 0 Å². The van der Waals surface area contributed by atoms with E-state index in [1.54, 1.807) is 6.08 Å². The molecule has 0 spiro atoms. The maximum Gasteiger partial charge on any atom is 0.529 e. The van der Waals surface area contributed by atoms with Crippen LogP contribution in [0.15, 0.2) is 11.8 Å². The fourth-order valence-corrected chi connectivity index (χ4v) is 4.07. The highest BCUT2D eigenvalue weighted by Crippen LogP contribution is 2.21. The van der Waals surface area contributed by atoms with Crippen LogP contribution in [0.4, 0.5) is 0 Å². The number of aliphatic hydroxyl groups excluding tert-OH is 1. The SMILES string of the molecule is CC(CO)CO[Si]1(/C=C/CCl)OCC(C)CO1. The standard InChI is InChI=1S/C11H21ClO4Si/c1-10(6-13)7-14-17(5-3-4-12)15-8-11(2)9-16-17/h3,5,10-11,13H,4,6-9H2,1-2H3/b5-3+. The highest BCUT2D eigenvalue weighted by molar-refractivity contribution is 6.66. The number of hydrogen-bond donors (Lipinski definition) is 1. The monoisotopic (exact) mass is 280 g/mol. The van der Waals surface area contributed by atoms with Crippen LogP contribution in [-0.2, 0) is 13.3 Å². The van der Waals surface area contributed by atoms with Crippen LogP contribution >= 0.6 is 11.6 Å². The summed E-state index contributed by atoms with van der Waals surface area (Å²) in [6.45, 7) is 5.81. The topological polar surface area (TPSA) is 47.9 Å². The fourth-order valence-electron chi connectivity index (χ4n) is 1.33. The smallest absolute Gasteiger partial charge is 0.396 e. The Morgan fingerprint density at radius 1 is 1.53 bits per heavy atom. The molecule has 1 aliphatic heterocycles. The second-order valence-corrected chi connectivity index (χ2v) is 7.20. The van der Waals surface area contributed by atoms with Crippen molar-refractivity contribution in [1.29, 1.82) is 0 Å². The molecule has 1 unspecified atom stereocenters. The second kappa shape index (κ2) is 7.51. The van der Waals surface area contributed by atoms with Gasteiger partial charge in [-0.1, -0.05) is 19.9 Å². The third kappa shape index (κ3) is 5.07. The van der Waals surface area contributed by atoms with Gasteiger partial charge in [-0.3, -0.25) is 0 Å². The van der Waals surface area contributed by atoms with Gasteiger partial charge in [0.2, 0.25) is 0 Å². The van der Waals surface area contributed by atoms with Gasteiger partial charge in [0, 0.05) is 44.1 Å². The second-order valence-electron chi connectivity index (χ2n) is 4.49. The van der Waals surface area contributed by atoms with Crippen LogP contribution in [-0.4, -0.2) is 46.2 Å². The summed E-state index contributed by atoms with van der Waals surface area (Å²) < 4.78 is 17.2. The van der Waals surface area contributed by atoms with E-state index >= 15 is 0 Å². The van der Waals surface area contributed by atoms with E-state index in [2.05, 4.69) is 6.92 Å². The van der Waals surface area contributed by atoms with E-state index in [4.69, 9.17) is 30.0 Å². The maximum absolute atomic E-state index is 8.98. The molecular weight excluding hydrogens is 260 g/mol. The van der Waals surface area contributed by atoms with Crippen molar-refractivity contribution in [3.8, 4) is 0 Å². The van der Waals surface area contributed by atoms with Crippen molar-refractivity contribution >= 4 is 20.4 Å². The minimum atomic E-state index is -2.70. The molecule has 6 heteroatoms. The van der Waals surface area contributed by atoms with Crippen molar-refractivity contribution in [3.05, 3.63) is 11.8 Å². The molecule has 1 rings (SSSR count). The van der Waals surface area contributed by atoms with E-state index < -0.39 is 8.80 Å². The lowest BCUT2D eigenvalue weighted by molar-refractivity contribution is -0.00352. The molecule has 0 aromatic rings. The van der Waals surface area contributed by atoms with E-state index in [0.717, 1.165) is 0 Å². The Balaban J connectivity index is 2.56. The molecule has 0 bridgehead atoms. The zero-order valence-corrected chi connectivity index (χ0v) is 12.2. The molecule has 0 aromatic carbocycles. The summed E-state index contributed by atoms with van der Waals surface area (Å²) in [5.74, 6) is 0.880. The van der Waals surface area contributed by atoms with Crippen LogP contribution in [0.3, 0.4) is 0 Å². The van der Waals surface area contributed by atoms with Crippen molar-refractivity contribution in [2.24, 2.45) is 11.8 Å². The summed E-state index contributed by atoms with van der Waals surface area (Å²) in [5.41, 5.74) is 1.83. The van der Waals surface area contributed by atoms with Crippen LogP contribution in [0, 0.1) is 11.8 Å². The van der Waals surface area contributed by atoms with Gasteiger partial charge in [-0.05, 0) is 5.70 Å². The molecule has 100 valence electrons. The molecule has 17 heavy (non-hydrogen) atoms. The van der Waals surface area contributed by atoms with Crippen molar-refractivity contribution in [2.45, 2.75) is 13.8 Å². The summed E-state index contributed by atoms with van der Waals surface area (Å²) >= 11 is 5.63. The number of halogens is 1. The maximum atomic E-state index is 8.98. The predicted molar refractivity (Wildman–Crippen MR) is 68.9 cm³/mol. The van der Waals surface area contributed by atoms with Gasteiger partial charge < -0.3 is 18.4 Å². The van der Waals surface area contributed by atoms with Crippen molar-refractivity contribution < 1.29 is 18.4 Å². The molecule has 1 heterocycles. The Hall–Kier alpha value is 0.0869. The Morgan fingerprint density at radius 3 is 2.71 bits per heavy atom. The van der Waals surface area contributed by atoms with Crippen LogP contribution in [0.2, 0.25) is 0 Å². The summed E-state index contributed by atoms with van der Waals surface area (Å²) in [4.78, 5) is 0. The summed E-state index contributed by atoms with van der Waals surface area (Å²) in [6.07, 6.45) is 1.80. The molecule has 1 N–H and O–H groups in total. The third-order valence-corrected chi connectivity index (χ3v) is 4.96. The lowest BCUT2D eigenvalue weighted by Crippen LogP contribution is -2.51. The average molecular weight is 281 g/mol. The van der Waals surface area contributed by atoms with Crippen molar-refractivity contribution in [1.82, 2.24) is 0 Å². The number of rotatable bonds is 6.